The number of hydrogen-bond acceptors (Lipinski definition) is 6. The summed E-state index contributed by atoms with van der Waals surface area (Å²) in [5.41, 5.74) is 0. The van der Waals surface area contributed by atoms with Crippen LogP contribution in [-0.4, -0.2) is 37.2 Å². The third kappa shape index (κ3) is 50.4. The van der Waals surface area contributed by atoms with Crippen molar-refractivity contribution in [1.82, 2.24) is 0 Å². The van der Waals surface area contributed by atoms with Crippen LogP contribution < -0.4 is 0 Å². The number of rotatable bonds is 50. The zero-order chi connectivity index (χ0) is 46.5. The lowest BCUT2D eigenvalue weighted by Crippen LogP contribution is -2.30. The number of carbonyl (C=O) groups excluding carboxylic acids is 3. The molecule has 0 aromatic carbocycles. The molecule has 0 heterocycles. The van der Waals surface area contributed by atoms with Crippen molar-refractivity contribution >= 4 is 17.9 Å². The highest BCUT2D eigenvalue weighted by molar-refractivity contribution is 5.71. The van der Waals surface area contributed by atoms with Gasteiger partial charge in [-0.25, -0.2) is 0 Å². The van der Waals surface area contributed by atoms with E-state index in [0.29, 0.717) is 19.3 Å². The molecule has 0 aliphatic carbocycles. The molecule has 6 heteroatoms. The monoisotopic (exact) mass is 897 g/mol. The molecule has 0 aliphatic heterocycles. The number of allylic oxidation sites excluding steroid dienone is 8. The Balaban J connectivity index is 4.38. The number of ether oxygens (including phenoxy) is 3. The summed E-state index contributed by atoms with van der Waals surface area (Å²) in [6, 6.07) is 0. The van der Waals surface area contributed by atoms with Gasteiger partial charge in [-0.15, -0.1) is 0 Å². The smallest absolute Gasteiger partial charge is 0.306 e. The first-order valence-corrected chi connectivity index (χ1v) is 27.6. The van der Waals surface area contributed by atoms with Crippen LogP contribution >= 0.6 is 0 Å². The Kier molecular flexibility index (Phi) is 50.8. The standard InChI is InChI=1S/C58H104O6/c1-4-7-10-13-16-19-22-25-28-29-31-33-36-39-42-45-48-51-57(60)63-54-55(53-62-56(59)50-47-44-41-38-35-32-27-24-21-18-15-12-9-6-3)64-58(61)52-49-46-43-40-37-34-30-26-23-20-17-14-11-8-5-2/h15-16,18-19,24-25,27-28,55H,4-14,17,20-23,26,29-54H2,1-3H3/b18-15-,19-16-,27-24-,28-25-/t55-/m1/s1. The van der Waals surface area contributed by atoms with Crippen molar-refractivity contribution in [1.29, 1.82) is 0 Å². The van der Waals surface area contributed by atoms with Crippen LogP contribution in [0.3, 0.4) is 0 Å². The van der Waals surface area contributed by atoms with Crippen LogP contribution in [0.2, 0.25) is 0 Å². The summed E-state index contributed by atoms with van der Waals surface area (Å²) < 4.78 is 16.8. The number of carbonyl (C=O) groups is 3. The molecule has 0 N–H and O–H groups in total. The fourth-order valence-electron chi connectivity index (χ4n) is 7.84. The van der Waals surface area contributed by atoms with Gasteiger partial charge in [0, 0.05) is 19.3 Å². The number of esters is 3. The van der Waals surface area contributed by atoms with Gasteiger partial charge in [-0.1, -0.05) is 236 Å². The van der Waals surface area contributed by atoms with Crippen LogP contribution in [-0.2, 0) is 28.6 Å². The Morgan fingerprint density at radius 3 is 0.938 bits per heavy atom. The van der Waals surface area contributed by atoms with E-state index in [1.54, 1.807) is 0 Å². The predicted octanol–water partition coefficient (Wildman–Crippen LogP) is 18.3. The second-order valence-corrected chi connectivity index (χ2v) is 18.5. The molecular formula is C58H104O6. The molecule has 0 saturated carbocycles. The maximum Gasteiger partial charge on any atom is 0.306 e. The molecule has 372 valence electrons. The minimum absolute atomic E-state index is 0.0794. The van der Waals surface area contributed by atoms with E-state index >= 15 is 0 Å². The van der Waals surface area contributed by atoms with Gasteiger partial charge in [-0.05, 0) is 77.0 Å². The minimum Gasteiger partial charge on any atom is -0.462 e. The van der Waals surface area contributed by atoms with Crippen molar-refractivity contribution in [3.63, 3.8) is 0 Å². The molecule has 0 amide bonds. The molecule has 0 spiro atoms. The van der Waals surface area contributed by atoms with E-state index in [-0.39, 0.29) is 31.1 Å². The van der Waals surface area contributed by atoms with Crippen molar-refractivity contribution in [2.75, 3.05) is 13.2 Å². The minimum atomic E-state index is -0.779. The lowest BCUT2D eigenvalue weighted by molar-refractivity contribution is -0.167. The summed E-state index contributed by atoms with van der Waals surface area (Å²) in [6.07, 6.45) is 63.7. The molecule has 0 fully saturated rings. The number of unbranched alkanes of at least 4 members (excludes halogenated alkanes) is 31. The fourth-order valence-corrected chi connectivity index (χ4v) is 7.84. The highest BCUT2D eigenvalue weighted by Gasteiger charge is 2.19. The van der Waals surface area contributed by atoms with Crippen molar-refractivity contribution in [3.8, 4) is 0 Å². The zero-order valence-electron chi connectivity index (χ0n) is 42.6. The van der Waals surface area contributed by atoms with Gasteiger partial charge in [-0.2, -0.15) is 0 Å². The maximum atomic E-state index is 12.8. The Morgan fingerprint density at radius 1 is 0.312 bits per heavy atom. The van der Waals surface area contributed by atoms with Gasteiger partial charge in [0.15, 0.2) is 6.10 Å². The molecule has 0 aromatic heterocycles. The predicted molar refractivity (Wildman–Crippen MR) is 275 cm³/mol. The molecule has 0 aliphatic rings. The summed E-state index contributed by atoms with van der Waals surface area (Å²) in [5.74, 6) is -0.888. The van der Waals surface area contributed by atoms with Crippen molar-refractivity contribution in [2.45, 2.75) is 290 Å². The van der Waals surface area contributed by atoms with E-state index in [1.807, 2.05) is 0 Å². The lowest BCUT2D eigenvalue weighted by atomic mass is 10.0. The van der Waals surface area contributed by atoms with Crippen molar-refractivity contribution < 1.29 is 28.6 Å². The molecule has 1 atom stereocenters. The Labute approximate surface area is 397 Å². The summed E-state index contributed by atoms with van der Waals surface area (Å²) in [7, 11) is 0. The lowest BCUT2D eigenvalue weighted by Gasteiger charge is -2.18. The normalized spacial score (nSPS) is 12.4. The van der Waals surface area contributed by atoms with Gasteiger partial charge in [-0.3, -0.25) is 14.4 Å². The second kappa shape index (κ2) is 53.0. The van der Waals surface area contributed by atoms with E-state index in [0.717, 1.165) is 89.9 Å². The largest absolute Gasteiger partial charge is 0.462 e. The molecule has 64 heavy (non-hydrogen) atoms. The molecule has 0 rings (SSSR count). The van der Waals surface area contributed by atoms with E-state index in [1.165, 1.54) is 154 Å². The fraction of sp³-hybridized carbons (Fsp3) is 0.810. The van der Waals surface area contributed by atoms with Crippen LogP contribution in [0.15, 0.2) is 48.6 Å². The SMILES string of the molecule is CCCC/C=C\C/C=C\CCCCCCCC(=O)OC[C@H](COC(=O)CCCCCCCCC/C=C\C/C=C\CCCCC)OC(=O)CCCCCCCCCCCCCCCCC. The van der Waals surface area contributed by atoms with Crippen molar-refractivity contribution in [3.05, 3.63) is 48.6 Å². The first-order chi connectivity index (χ1) is 31.5. The average molecular weight is 897 g/mol. The van der Waals surface area contributed by atoms with E-state index in [4.69, 9.17) is 14.2 Å². The maximum absolute atomic E-state index is 12.8. The third-order valence-corrected chi connectivity index (χ3v) is 12.1. The average Bonchev–Trinajstić information content (AvgIpc) is 3.29. The molecule has 6 nitrogen and oxygen atoms in total. The molecule has 0 saturated heterocycles. The summed E-state index contributed by atoms with van der Waals surface area (Å²) in [6.45, 7) is 6.58. The molecule has 0 bridgehead atoms. The molecule has 0 unspecified atom stereocenters. The van der Waals surface area contributed by atoms with Crippen LogP contribution in [0.25, 0.3) is 0 Å². The Hall–Kier alpha value is -2.63. The zero-order valence-corrected chi connectivity index (χ0v) is 42.6. The Morgan fingerprint density at radius 2 is 0.578 bits per heavy atom. The summed E-state index contributed by atoms with van der Waals surface area (Å²) >= 11 is 0. The molecule has 0 aromatic rings. The highest BCUT2D eigenvalue weighted by Crippen LogP contribution is 2.16. The van der Waals surface area contributed by atoms with Gasteiger partial charge < -0.3 is 14.2 Å². The van der Waals surface area contributed by atoms with Gasteiger partial charge in [0.1, 0.15) is 13.2 Å². The second-order valence-electron chi connectivity index (χ2n) is 18.5. The van der Waals surface area contributed by atoms with Crippen molar-refractivity contribution in [2.24, 2.45) is 0 Å². The Bertz CT molecular complexity index is 1120. The molecular weight excluding hydrogens is 793 g/mol. The van der Waals surface area contributed by atoms with E-state index in [2.05, 4.69) is 69.4 Å². The van der Waals surface area contributed by atoms with Gasteiger partial charge in [0.05, 0.1) is 0 Å². The van der Waals surface area contributed by atoms with Crippen LogP contribution in [0.5, 0.6) is 0 Å². The topological polar surface area (TPSA) is 78.9 Å². The van der Waals surface area contributed by atoms with Gasteiger partial charge in [0.25, 0.3) is 0 Å². The summed E-state index contributed by atoms with van der Waals surface area (Å²) in [4.78, 5) is 38.1. The quantitative estimate of drug-likeness (QED) is 0.0262. The first-order valence-electron chi connectivity index (χ1n) is 27.6. The van der Waals surface area contributed by atoms with E-state index in [9.17, 15) is 14.4 Å². The van der Waals surface area contributed by atoms with Gasteiger partial charge in [0.2, 0.25) is 0 Å². The van der Waals surface area contributed by atoms with Crippen LogP contribution in [0.4, 0.5) is 0 Å². The molecule has 0 radical (unpaired) electrons. The number of hydrogen-bond donors (Lipinski definition) is 0. The first kappa shape index (κ1) is 61.4. The van der Waals surface area contributed by atoms with Gasteiger partial charge >= 0.3 is 17.9 Å². The highest BCUT2D eigenvalue weighted by atomic mass is 16.6. The van der Waals surface area contributed by atoms with Crippen LogP contribution in [0.1, 0.15) is 284 Å². The third-order valence-electron chi connectivity index (χ3n) is 12.1. The van der Waals surface area contributed by atoms with Crippen LogP contribution in [0, 0.1) is 0 Å². The van der Waals surface area contributed by atoms with E-state index < -0.39 is 6.10 Å². The summed E-state index contributed by atoms with van der Waals surface area (Å²) in [5, 5.41) is 0.